The van der Waals surface area contributed by atoms with Crippen LogP contribution in [0, 0.1) is 0 Å². The van der Waals surface area contributed by atoms with Gasteiger partial charge in [-0.15, -0.1) is 0 Å². The third-order valence-electron chi connectivity index (χ3n) is 5.12. The fourth-order valence-electron chi connectivity index (χ4n) is 3.36. The average Bonchev–Trinajstić information content (AvgIpc) is 3.34. The molecule has 3 aromatic rings. The van der Waals surface area contributed by atoms with Crippen LogP contribution in [0.5, 0.6) is 5.75 Å². The van der Waals surface area contributed by atoms with Gasteiger partial charge in [0.15, 0.2) is 17.7 Å². The van der Waals surface area contributed by atoms with Crippen molar-refractivity contribution in [2.45, 2.75) is 37.0 Å². The van der Waals surface area contributed by atoms with Gasteiger partial charge < -0.3 is 31.2 Å². The number of hydrogen-bond donors (Lipinski definition) is 4. The van der Waals surface area contributed by atoms with E-state index in [1.54, 1.807) is 24.3 Å². The van der Waals surface area contributed by atoms with E-state index in [-0.39, 0.29) is 5.82 Å². The van der Waals surface area contributed by atoms with E-state index < -0.39 is 36.6 Å². The Kier molecular flexibility index (Phi) is 6.86. The number of anilines is 1. The molecule has 4 rings (SSSR count). The number of fused-ring (bicyclic) bond motifs is 1. The molecule has 1 aliphatic rings. The third kappa shape index (κ3) is 4.69. The summed E-state index contributed by atoms with van der Waals surface area (Å²) in [5.74, 6) is 1.12. The maximum absolute atomic E-state index is 12.1. The van der Waals surface area contributed by atoms with Crippen molar-refractivity contribution in [3.8, 4) is 5.75 Å². The fraction of sp³-hybridized carbons (Fsp3) is 0.400. The summed E-state index contributed by atoms with van der Waals surface area (Å²) in [6.45, 7) is 0. The van der Waals surface area contributed by atoms with Gasteiger partial charge in [-0.2, -0.15) is 11.8 Å². The number of benzene rings is 1. The predicted molar refractivity (Wildman–Crippen MR) is 118 cm³/mol. The van der Waals surface area contributed by atoms with Gasteiger partial charge in [-0.05, 0) is 24.3 Å². The summed E-state index contributed by atoms with van der Waals surface area (Å²) in [7, 11) is 0. The van der Waals surface area contributed by atoms with Gasteiger partial charge >= 0.3 is 5.97 Å². The van der Waals surface area contributed by atoms with Crippen LogP contribution in [0.1, 0.15) is 12.6 Å². The molecule has 1 saturated heterocycles. The maximum atomic E-state index is 12.1. The largest absolute Gasteiger partial charge is 0.425 e. The van der Waals surface area contributed by atoms with Crippen molar-refractivity contribution in [3.63, 3.8) is 0 Å². The first-order valence-electron chi connectivity index (χ1n) is 10.0. The molecule has 2 aromatic heterocycles. The molecule has 1 aromatic carbocycles. The molecule has 170 valence electrons. The second-order valence-electron chi connectivity index (χ2n) is 7.33. The first-order chi connectivity index (χ1) is 15.5. The Morgan fingerprint density at radius 2 is 2.00 bits per heavy atom. The number of aliphatic hydroxyl groups excluding tert-OH is 2. The number of carbonyl (C=O) groups excluding carboxylic acids is 1. The highest BCUT2D eigenvalue weighted by molar-refractivity contribution is 7.99. The standard InChI is InChI=1S/C20H24N6O5S/c21-12(20(29)30-11-4-2-1-3-5-11)6-7-32-8-13-15(27)16(28)19(31-13)26-10-25-14-17(22)23-9-24-18(14)26/h1-5,9-10,12-13,15-16,19,27-28H,6-8,21H2,(H2,22,23,24)/t12-,13+,15+,16+,19+/m0/s1. The smallest absolute Gasteiger partial charge is 0.328 e. The van der Waals surface area contributed by atoms with Crippen LogP contribution >= 0.6 is 11.8 Å². The average molecular weight is 461 g/mol. The molecule has 0 saturated carbocycles. The number of nitrogens with zero attached hydrogens (tertiary/aromatic N) is 4. The first-order valence-corrected chi connectivity index (χ1v) is 11.2. The van der Waals surface area contributed by atoms with E-state index in [0.717, 1.165) is 0 Å². The van der Waals surface area contributed by atoms with Crippen molar-refractivity contribution < 1.29 is 24.5 Å². The van der Waals surface area contributed by atoms with Crippen LogP contribution in [0.2, 0.25) is 0 Å². The van der Waals surface area contributed by atoms with E-state index in [9.17, 15) is 15.0 Å². The number of esters is 1. The number of para-hydroxylation sites is 1. The molecular formula is C20H24N6O5S. The number of ether oxygens (including phenoxy) is 2. The minimum absolute atomic E-state index is 0.219. The fourth-order valence-corrected chi connectivity index (χ4v) is 4.46. The second-order valence-corrected chi connectivity index (χ2v) is 8.48. The summed E-state index contributed by atoms with van der Waals surface area (Å²) in [5.41, 5.74) is 12.5. The lowest BCUT2D eigenvalue weighted by Crippen LogP contribution is -2.35. The Bertz CT molecular complexity index is 1070. The summed E-state index contributed by atoms with van der Waals surface area (Å²) >= 11 is 1.46. The van der Waals surface area contributed by atoms with Crippen molar-refractivity contribution in [2.24, 2.45) is 5.73 Å². The Morgan fingerprint density at radius 3 is 2.78 bits per heavy atom. The Labute approximate surface area is 187 Å². The van der Waals surface area contributed by atoms with Crippen molar-refractivity contribution in [1.82, 2.24) is 19.5 Å². The molecule has 0 radical (unpaired) electrons. The van der Waals surface area contributed by atoms with Gasteiger partial charge in [0, 0.05) is 5.75 Å². The van der Waals surface area contributed by atoms with E-state index in [1.165, 1.54) is 29.0 Å². The summed E-state index contributed by atoms with van der Waals surface area (Å²) in [5, 5.41) is 20.9. The van der Waals surface area contributed by atoms with Crippen LogP contribution in [0.4, 0.5) is 5.82 Å². The molecule has 11 nitrogen and oxygen atoms in total. The van der Waals surface area contributed by atoms with E-state index in [0.29, 0.717) is 34.8 Å². The minimum atomic E-state index is -1.17. The van der Waals surface area contributed by atoms with Crippen LogP contribution < -0.4 is 16.2 Å². The van der Waals surface area contributed by atoms with Gasteiger partial charge in [0.05, 0.1) is 12.4 Å². The number of nitrogens with two attached hydrogens (primary N) is 2. The number of rotatable bonds is 8. The molecule has 1 aliphatic heterocycles. The van der Waals surface area contributed by atoms with Gasteiger partial charge in [0.2, 0.25) is 0 Å². The number of imidazole rings is 1. The van der Waals surface area contributed by atoms with Gasteiger partial charge in [-0.1, -0.05) is 18.2 Å². The molecular weight excluding hydrogens is 436 g/mol. The number of aromatic nitrogens is 4. The molecule has 6 N–H and O–H groups in total. The zero-order valence-electron chi connectivity index (χ0n) is 17.0. The number of nitrogen functional groups attached to an aromatic ring is 1. The van der Waals surface area contributed by atoms with Crippen molar-refractivity contribution in [3.05, 3.63) is 43.0 Å². The normalized spacial score (nSPS) is 24.0. The van der Waals surface area contributed by atoms with Crippen LogP contribution in [0.25, 0.3) is 11.2 Å². The number of carbonyl (C=O) groups is 1. The van der Waals surface area contributed by atoms with E-state index in [1.807, 2.05) is 6.07 Å². The number of thioether (sulfide) groups is 1. The molecule has 5 atom stereocenters. The first kappa shape index (κ1) is 22.4. The van der Waals surface area contributed by atoms with Crippen molar-refractivity contribution in [1.29, 1.82) is 0 Å². The van der Waals surface area contributed by atoms with Crippen molar-refractivity contribution >= 4 is 34.7 Å². The van der Waals surface area contributed by atoms with Crippen LogP contribution in [0.3, 0.4) is 0 Å². The Hall–Kier alpha value is -2.77. The van der Waals surface area contributed by atoms with Crippen LogP contribution in [-0.2, 0) is 9.53 Å². The lowest BCUT2D eigenvalue weighted by Gasteiger charge is -2.16. The topological polar surface area (TPSA) is 172 Å². The van der Waals surface area contributed by atoms with Gasteiger partial charge in [-0.3, -0.25) is 4.57 Å². The lowest BCUT2D eigenvalue weighted by molar-refractivity contribution is -0.135. The molecule has 3 heterocycles. The lowest BCUT2D eigenvalue weighted by atomic mass is 10.1. The molecule has 1 fully saturated rings. The van der Waals surface area contributed by atoms with Crippen LogP contribution in [0.15, 0.2) is 43.0 Å². The van der Waals surface area contributed by atoms with Gasteiger partial charge in [-0.25, -0.2) is 19.7 Å². The zero-order valence-corrected chi connectivity index (χ0v) is 17.8. The zero-order chi connectivity index (χ0) is 22.7. The highest BCUT2D eigenvalue weighted by Gasteiger charge is 2.44. The van der Waals surface area contributed by atoms with Crippen molar-refractivity contribution in [2.75, 3.05) is 17.2 Å². The van der Waals surface area contributed by atoms with E-state index in [2.05, 4.69) is 15.0 Å². The summed E-state index contributed by atoms with van der Waals surface area (Å²) in [6.07, 6.45) is -0.607. The van der Waals surface area contributed by atoms with Gasteiger partial charge in [0.1, 0.15) is 35.8 Å². The second kappa shape index (κ2) is 9.79. The van der Waals surface area contributed by atoms with E-state index in [4.69, 9.17) is 20.9 Å². The number of hydrogen-bond acceptors (Lipinski definition) is 11. The summed E-state index contributed by atoms with van der Waals surface area (Å²) in [4.78, 5) is 24.3. The summed E-state index contributed by atoms with van der Waals surface area (Å²) < 4.78 is 12.7. The van der Waals surface area contributed by atoms with Crippen LogP contribution in [-0.4, -0.2) is 71.6 Å². The van der Waals surface area contributed by atoms with Gasteiger partial charge in [0.25, 0.3) is 0 Å². The molecule has 0 spiro atoms. The minimum Gasteiger partial charge on any atom is -0.425 e. The highest BCUT2D eigenvalue weighted by Crippen LogP contribution is 2.33. The molecule has 0 bridgehead atoms. The molecule has 32 heavy (non-hydrogen) atoms. The quantitative estimate of drug-likeness (QED) is 0.204. The molecule has 0 amide bonds. The molecule has 12 heteroatoms. The third-order valence-corrected chi connectivity index (χ3v) is 6.21. The summed E-state index contributed by atoms with van der Waals surface area (Å²) in [6, 6.07) is 7.97. The highest BCUT2D eigenvalue weighted by atomic mass is 32.2. The van der Waals surface area contributed by atoms with E-state index >= 15 is 0 Å². The SMILES string of the molecule is Nc1ncnc2c1ncn2[C@@H]1O[C@H](CSCC[C@H](N)C(=O)Oc2ccccc2)[C@@H](O)[C@H]1O. The maximum Gasteiger partial charge on any atom is 0.328 e. The molecule has 0 aliphatic carbocycles. The Morgan fingerprint density at radius 1 is 1.22 bits per heavy atom. The Balaban J connectivity index is 1.28. The number of aliphatic hydroxyl groups is 2. The predicted octanol–water partition coefficient (Wildman–Crippen LogP) is 0.0839. The molecule has 0 unspecified atom stereocenters. The monoisotopic (exact) mass is 460 g/mol.